The zero-order valence-electron chi connectivity index (χ0n) is 27.7. The van der Waals surface area contributed by atoms with E-state index < -0.39 is 121 Å². The fourth-order valence-electron chi connectivity index (χ4n) is 4.29. The van der Waals surface area contributed by atoms with Crippen LogP contribution in [-0.2, 0) is 38.4 Å². The van der Waals surface area contributed by atoms with Crippen LogP contribution in [0.5, 0.6) is 0 Å². The van der Waals surface area contributed by atoms with Crippen molar-refractivity contribution in [3.8, 4) is 0 Å². The summed E-state index contributed by atoms with van der Waals surface area (Å²) in [5, 5.41) is 39.8. The lowest BCUT2D eigenvalue weighted by molar-refractivity contribution is -0.144. The van der Waals surface area contributed by atoms with Crippen molar-refractivity contribution in [1.82, 2.24) is 26.6 Å². The first-order chi connectivity index (χ1) is 21.7. The third kappa shape index (κ3) is 15.7. The largest absolute Gasteiger partial charge is 0.481 e. The van der Waals surface area contributed by atoms with Gasteiger partial charge in [-0.2, -0.15) is 0 Å². The van der Waals surface area contributed by atoms with E-state index in [1.165, 1.54) is 13.8 Å². The Morgan fingerprint density at radius 1 is 0.681 bits per heavy atom. The molecule has 0 saturated carbocycles. The molecule has 18 nitrogen and oxygen atoms in total. The van der Waals surface area contributed by atoms with E-state index in [1.54, 1.807) is 13.8 Å². The second kappa shape index (κ2) is 20.7. The van der Waals surface area contributed by atoms with Gasteiger partial charge in [-0.15, -0.1) is 0 Å². The van der Waals surface area contributed by atoms with Gasteiger partial charge in [-0.1, -0.05) is 48.0 Å². The van der Waals surface area contributed by atoms with Crippen LogP contribution >= 0.6 is 0 Å². The van der Waals surface area contributed by atoms with E-state index in [2.05, 4.69) is 26.6 Å². The summed E-state index contributed by atoms with van der Waals surface area (Å²) >= 11 is 0. The van der Waals surface area contributed by atoms with Gasteiger partial charge in [0.2, 0.25) is 35.4 Å². The fourth-order valence-corrected chi connectivity index (χ4v) is 4.29. The van der Waals surface area contributed by atoms with Gasteiger partial charge in [-0.3, -0.25) is 33.6 Å². The predicted molar refractivity (Wildman–Crippen MR) is 167 cm³/mol. The molecule has 0 unspecified atom stereocenters. The fraction of sp³-hybridized carbons (Fsp3) is 0.724. The van der Waals surface area contributed by atoms with Gasteiger partial charge in [-0.25, -0.2) is 4.79 Å². The molecule has 0 bridgehead atoms. The zero-order valence-corrected chi connectivity index (χ0v) is 27.7. The average molecular weight is 674 g/mol. The molecule has 6 amide bonds. The highest BCUT2D eigenvalue weighted by Gasteiger charge is 2.35. The molecule has 0 radical (unpaired) electrons. The first-order valence-corrected chi connectivity index (χ1v) is 15.4. The summed E-state index contributed by atoms with van der Waals surface area (Å²) in [5.41, 5.74) is 11.2. The molecule has 0 rings (SSSR count). The van der Waals surface area contributed by atoms with Gasteiger partial charge in [0.1, 0.15) is 30.2 Å². The third-order valence-corrected chi connectivity index (χ3v) is 7.22. The molecule has 0 aromatic carbocycles. The third-order valence-electron chi connectivity index (χ3n) is 7.22. The number of rotatable bonds is 22. The van der Waals surface area contributed by atoms with Crippen LogP contribution in [0.25, 0.3) is 0 Å². The van der Waals surface area contributed by atoms with Gasteiger partial charge in [0, 0.05) is 6.42 Å². The molecule has 0 aliphatic carbocycles. The van der Waals surface area contributed by atoms with Gasteiger partial charge in [0.05, 0.1) is 19.1 Å². The van der Waals surface area contributed by atoms with Gasteiger partial charge < -0.3 is 53.4 Å². The van der Waals surface area contributed by atoms with Gasteiger partial charge in [0.25, 0.3) is 0 Å². The van der Waals surface area contributed by atoms with Crippen LogP contribution < -0.4 is 38.1 Å². The number of carboxylic acid groups (broad SMARTS) is 2. The number of hydrogen-bond donors (Lipinski definition) is 10. The van der Waals surface area contributed by atoms with Crippen LogP contribution in [0, 0.1) is 17.8 Å². The SMILES string of the molecule is CC[C@H](C)[C@H](NC(=O)[C@@H](N)CC(C)C)C(=O)N[C@@H](CC(N)=O)C(=O)N[C@@H](CO)C(=O)N[C@@H](CCC(=O)O)C(=O)N[C@H](C(=O)O)C(C)C. The van der Waals surface area contributed by atoms with Crippen molar-refractivity contribution in [2.45, 2.75) is 110 Å². The summed E-state index contributed by atoms with van der Waals surface area (Å²) in [5.74, 6) is -9.37. The number of aliphatic hydroxyl groups is 1. The molecule has 0 aromatic heterocycles. The summed E-state index contributed by atoms with van der Waals surface area (Å²) < 4.78 is 0. The summed E-state index contributed by atoms with van der Waals surface area (Å²) in [6.07, 6.45) is -1.03. The average Bonchev–Trinajstić information content (AvgIpc) is 2.96. The summed E-state index contributed by atoms with van der Waals surface area (Å²) in [7, 11) is 0. The van der Waals surface area contributed by atoms with E-state index in [9.17, 15) is 48.6 Å². The van der Waals surface area contributed by atoms with Gasteiger partial charge in [-0.05, 0) is 30.6 Å². The van der Waals surface area contributed by atoms with Crippen molar-refractivity contribution in [2.24, 2.45) is 29.2 Å². The number of aliphatic hydroxyl groups excluding tert-OH is 1. The summed E-state index contributed by atoms with van der Waals surface area (Å²) in [6, 6.07) is -8.46. The normalized spacial score (nSPS) is 15.6. The number of hydrogen-bond acceptors (Lipinski definition) is 10. The van der Waals surface area contributed by atoms with E-state index in [0.717, 1.165) is 0 Å². The van der Waals surface area contributed by atoms with Crippen LogP contribution in [0.4, 0.5) is 0 Å². The number of nitrogens with two attached hydrogens (primary N) is 2. The van der Waals surface area contributed by atoms with E-state index in [0.29, 0.717) is 12.8 Å². The molecule has 12 N–H and O–H groups in total. The Morgan fingerprint density at radius 2 is 1.17 bits per heavy atom. The molecule has 0 fully saturated rings. The van der Waals surface area contributed by atoms with Crippen LogP contribution in [0.15, 0.2) is 0 Å². The van der Waals surface area contributed by atoms with Crippen LogP contribution in [0.1, 0.15) is 73.6 Å². The maximum Gasteiger partial charge on any atom is 0.326 e. The Morgan fingerprint density at radius 3 is 1.62 bits per heavy atom. The van der Waals surface area contributed by atoms with Crippen molar-refractivity contribution >= 4 is 47.4 Å². The lowest BCUT2D eigenvalue weighted by atomic mass is 9.96. The van der Waals surface area contributed by atoms with Crippen molar-refractivity contribution in [3.05, 3.63) is 0 Å². The molecular weight excluding hydrogens is 622 g/mol. The highest BCUT2D eigenvalue weighted by Crippen LogP contribution is 2.11. The second-order valence-electron chi connectivity index (χ2n) is 12.1. The Kier molecular flexibility index (Phi) is 18.8. The van der Waals surface area contributed by atoms with Gasteiger partial charge >= 0.3 is 11.9 Å². The Hall–Kier alpha value is -4.32. The molecule has 0 aliphatic heterocycles. The lowest BCUT2D eigenvalue weighted by Gasteiger charge is -2.28. The number of primary amides is 1. The monoisotopic (exact) mass is 673 g/mol. The molecule has 268 valence electrons. The van der Waals surface area contributed by atoms with Crippen LogP contribution in [0.2, 0.25) is 0 Å². The minimum absolute atomic E-state index is 0.0930. The Labute approximate surface area is 273 Å². The maximum absolute atomic E-state index is 13.3. The molecule has 47 heavy (non-hydrogen) atoms. The quantitative estimate of drug-likeness (QED) is 0.0561. The zero-order chi connectivity index (χ0) is 36.6. The van der Waals surface area contributed by atoms with Crippen molar-refractivity contribution in [1.29, 1.82) is 0 Å². The van der Waals surface area contributed by atoms with Crippen molar-refractivity contribution in [2.75, 3.05) is 6.61 Å². The Balaban J connectivity index is 5.97. The van der Waals surface area contributed by atoms with E-state index in [-0.39, 0.29) is 5.92 Å². The van der Waals surface area contributed by atoms with Crippen molar-refractivity contribution < 1.29 is 53.7 Å². The van der Waals surface area contributed by atoms with Gasteiger partial charge in [0.15, 0.2) is 0 Å². The number of carbonyl (C=O) groups excluding carboxylic acids is 6. The number of aliphatic carboxylic acids is 2. The van der Waals surface area contributed by atoms with E-state index >= 15 is 0 Å². The van der Waals surface area contributed by atoms with Crippen LogP contribution in [0.3, 0.4) is 0 Å². The first kappa shape index (κ1) is 42.7. The number of carbonyl (C=O) groups is 8. The summed E-state index contributed by atoms with van der Waals surface area (Å²) in [4.78, 5) is 99.5. The summed E-state index contributed by atoms with van der Waals surface area (Å²) in [6.45, 7) is 9.16. The molecular formula is C29H51N7O11. The molecule has 0 saturated heterocycles. The highest BCUT2D eigenvalue weighted by molar-refractivity contribution is 5.98. The number of nitrogens with one attached hydrogen (secondary N) is 5. The maximum atomic E-state index is 13.3. The topological polar surface area (TPSA) is 309 Å². The Bertz CT molecular complexity index is 1130. The smallest absolute Gasteiger partial charge is 0.326 e. The first-order valence-electron chi connectivity index (χ1n) is 15.4. The molecule has 18 heteroatoms. The standard InChI is InChI=1S/C29H51N7O11/c1-7-15(6)23(36-24(41)16(30)10-13(2)3)28(45)33-18(11-20(31)38)26(43)34-19(12-37)27(44)32-17(8-9-21(39)40)25(42)35-22(14(4)5)29(46)47/h13-19,22-23,37H,7-12,30H2,1-6H3,(H2,31,38)(H,32,44)(H,33,45)(H,34,43)(H,35,42)(H,36,41)(H,39,40)(H,46,47)/t15-,16-,17-,18-,19-,22-,23-/m0/s1. The molecule has 0 spiro atoms. The minimum Gasteiger partial charge on any atom is -0.481 e. The predicted octanol–water partition coefficient (Wildman–Crippen LogP) is -2.70. The van der Waals surface area contributed by atoms with E-state index in [4.69, 9.17) is 16.6 Å². The number of carboxylic acids is 2. The minimum atomic E-state index is -1.77. The molecule has 0 aliphatic rings. The lowest BCUT2D eigenvalue weighted by Crippen LogP contribution is -2.61. The molecule has 7 atom stereocenters. The second-order valence-corrected chi connectivity index (χ2v) is 12.1. The number of amides is 6. The highest BCUT2D eigenvalue weighted by atomic mass is 16.4. The molecule has 0 aromatic rings. The van der Waals surface area contributed by atoms with Crippen molar-refractivity contribution in [3.63, 3.8) is 0 Å². The van der Waals surface area contributed by atoms with E-state index in [1.807, 2.05) is 13.8 Å². The van der Waals surface area contributed by atoms with Crippen LogP contribution in [-0.4, -0.2) is 106 Å². The molecule has 0 heterocycles.